The van der Waals surface area contributed by atoms with Crippen LogP contribution in [0.15, 0.2) is 29.2 Å². The number of benzene rings is 1. The summed E-state index contributed by atoms with van der Waals surface area (Å²) < 4.78 is 33.2. The first-order chi connectivity index (χ1) is 12.0. The number of nitrogens with one attached hydrogen (secondary N) is 1. The van der Waals surface area contributed by atoms with E-state index in [4.69, 9.17) is 4.74 Å². The maximum absolute atomic E-state index is 13.2. The lowest BCUT2D eigenvalue weighted by Crippen LogP contribution is -2.30. The van der Waals surface area contributed by atoms with Gasteiger partial charge in [-0.25, -0.2) is 13.4 Å². The van der Waals surface area contributed by atoms with Crippen molar-refractivity contribution < 1.29 is 13.2 Å². The molecule has 1 aromatic carbocycles. The van der Waals surface area contributed by atoms with Crippen molar-refractivity contribution in [2.75, 3.05) is 26.8 Å². The standard InChI is InChI=1S/C17H24N4O3S/c1-4-13-7-5-6-8-16(13)25(22,23)21-9-14(11-24-3)15(10-21)17-18-12(2)19-20-17/h5-8,14-15H,4,9-11H2,1-3H3,(H,18,19,20)/t14-,15+/m0/s1. The van der Waals surface area contributed by atoms with Crippen LogP contribution in [0.25, 0.3) is 0 Å². The Hall–Kier alpha value is -1.77. The van der Waals surface area contributed by atoms with Gasteiger partial charge in [0.25, 0.3) is 0 Å². The highest BCUT2D eigenvalue weighted by Crippen LogP contribution is 2.35. The molecule has 8 heteroatoms. The van der Waals surface area contributed by atoms with E-state index in [9.17, 15) is 8.42 Å². The Balaban J connectivity index is 1.92. The molecule has 7 nitrogen and oxygen atoms in total. The van der Waals surface area contributed by atoms with Gasteiger partial charge in [0.1, 0.15) is 5.82 Å². The SMILES string of the molecule is CCc1ccccc1S(=O)(=O)N1C[C@@H](COC)[C@H](c2n[nH]c(C)n2)C1. The van der Waals surface area contributed by atoms with Crippen molar-refractivity contribution in [3.05, 3.63) is 41.5 Å². The Morgan fingerprint density at radius 3 is 2.72 bits per heavy atom. The molecule has 1 aliphatic heterocycles. The molecule has 0 bridgehead atoms. The van der Waals surface area contributed by atoms with Crippen molar-refractivity contribution in [1.29, 1.82) is 0 Å². The zero-order chi connectivity index (χ0) is 18.0. The van der Waals surface area contributed by atoms with E-state index in [-0.39, 0.29) is 11.8 Å². The van der Waals surface area contributed by atoms with Crippen LogP contribution in [-0.2, 0) is 21.2 Å². The molecule has 0 spiro atoms. The molecule has 0 radical (unpaired) electrons. The van der Waals surface area contributed by atoms with Gasteiger partial charge in [-0.1, -0.05) is 25.1 Å². The van der Waals surface area contributed by atoms with E-state index in [0.717, 1.165) is 11.4 Å². The number of rotatable bonds is 6. The third-order valence-corrected chi connectivity index (χ3v) is 6.64. The van der Waals surface area contributed by atoms with Crippen LogP contribution < -0.4 is 0 Å². The number of ether oxygens (including phenoxy) is 1. The monoisotopic (exact) mass is 364 g/mol. The van der Waals surface area contributed by atoms with Gasteiger partial charge in [-0.3, -0.25) is 5.10 Å². The number of nitrogens with zero attached hydrogens (tertiary/aromatic N) is 3. The lowest BCUT2D eigenvalue weighted by molar-refractivity contribution is 0.150. The Bertz CT molecular complexity index is 834. The second kappa shape index (κ2) is 7.23. The van der Waals surface area contributed by atoms with Crippen LogP contribution in [0.5, 0.6) is 0 Å². The van der Waals surface area contributed by atoms with Crippen molar-refractivity contribution in [2.45, 2.75) is 31.1 Å². The quantitative estimate of drug-likeness (QED) is 0.843. The number of aryl methyl sites for hydroxylation is 2. The van der Waals surface area contributed by atoms with Crippen LogP contribution in [0.4, 0.5) is 0 Å². The molecule has 0 aliphatic carbocycles. The maximum atomic E-state index is 13.2. The number of sulfonamides is 1. The first-order valence-corrected chi connectivity index (χ1v) is 9.87. The lowest BCUT2D eigenvalue weighted by Gasteiger charge is -2.18. The molecule has 0 unspecified atom stereocenters. The first-order valence-electron chi connectivity index (χ1n) is 8.43. The minimum Gasteiger partial charge on any atom is -0.384 e. The van der Waals surface area contributed by atoms with Crippen LogP contribution >= 0.6 is 0 Å². The first kappa shape index (κ1) is 18.0. The maximum Gasteiger partial charge on any atom is 0.243 e. The Morgan fingerprint density at radius 2 is 2.08 bits per heavy atom. The van der Waals surface area contributed by atoms with Gasteiger partial charge in [-0.05, 0) is 25.0 Å². The summed E-state index contributed by atoms with van der Waals surface area (Å²) in [6, 6.07) is 7.19. The predicted octanol–water partition coefficient (Wildman–Crippen LogP) is 1.73. The van der Waals surface area contributed by atoms with Crippen LogP contribution in [0.3, 0.4) is 0 Å². The molecule has 25 heavy (non-hydrogen) atoms. The van der Waals surface area contributed by atoms with E-state index in [1.165, 1.54) is 0 Å². The molecule has 2 heterocycles. The number of H-pyrrole nitrogens is 1. The van der Waals surface area contributed by atoms with E-state index in [2.05, 4.69) is 15.2 Å². The summed E-state index contributed by atoms with van der Waals surface area (Å²) >= 11 is 0. The Kier molecular flexibility index (Phi) is 5.21. The van der Waals surface area contributed by atoms with Crippen LogP contribution in [0, 0.1) is 12.8 Å². The van der Waals surface area contributed by atoms with Gasteiger partial charge in [0.2, 0.25) is 10.0 Å². The topological polar surface area (TPSA) is 88.2 Å². The average Bonchev–Trinajstić information content (AvgIpc) is 3.21. The van der Waals surface area contributed by atoms with Crippen molar-refractivity contribution in [3.8, 4) is 0 Å². The second-order valence-corrected chi connectivity index (χ2v) is 8.29. The molecule has 1 fully saturated rings. The minimum absolute atomic E-state index is 0.0313. The number of aromatic nitrogens is 3. The Labute approximate surface area is 148 Å². The average molecular weight is 364 g/mol. The number of aromatic amines is 1. The zero-order valence-corrected chi connectivity index (χ0v) is 15.6. The van der Waals surface area contributed by atoms with Crippen molar-refractivity contribution in [2.24, 2.45) is 5.92 Å². The Morgan fingerprint density at radius 1 is 1.32 bits per heavy atom. The predicted molar refractivity (Wildman–Crippen MR) is 93.8 cm³/mol. The van der Waals surface area contributed by atoms with Crippen LogP contribution in [-0.4, -0.2) is 54.7 Å². The van der Waals surface area contributed by atoms with E-state index in [1.807, 2.05) is 26.0 Å². The fraction of sp³-hybridized carbons (Fsp3) is 0.529. The molecule has 1 saturated heterocycles. The van der Waals surface area contributed by atoms with Gasteiger partial charge in [-0.2, -0.15) is 9.40 Å². The van der Waals surface area contributed by atoms with E-state index in [0.29, 0.717) is 36.8 Å². The fourth-order valence-electron chi connectivity index (χ4n) is 3.42. The molecular formula is C17H24N4O3S. The molecule has 1 aromatic heterocycles. The van der Waals surface area contributed by atoms with Crippen LogP contribution in [0.1, 0.15) is 30.1 Å². The van der Waals surface area contributed by atoms with Gasteiger partial charge >= 0.3 is 0 Å². The molecule has 0 amide bonds. The molecule has 2 atom stereocenters. The highest BCUT2D eigenvalue weighted by Gasteiger charge is 2.42. The molecule has 1 aliphatic rings. The third kappa shape index (κ3) is 3.47. The van der Waals surface area contributed by atoms with Gasteiger partial charge < -0.3 is 4.74 Å². The molecular weight excluding hydrogens is 340 g/mol. The van der Waals surface area contributed by atoms with E-state index < -0.39 is 10.0 Å². The fourth-order valence-corrected chi connectivity index (χ4v) is 5.23. The highest BCUT2D eigenvalue weighted by atomic mass is 32.2. The lowest BCUT2D eigenvalue weighted by atomic mass is 9.96. The van der Waals surface area contributed by atoms with Gasteiger partial charge in [0.15, 0.2) is 5.82 Å². The largest absolute Gasteiger partial charge is 0.384 e. The summed E-state index contributed by atoms with van der Waals surface area (Å²) in [5.74, 6) is 1.34. The van der Waals surface area contributed by atoms with Gasteiger partial charge in [0, 0.05) is 32.0 Å². The highest BCUT2D eigenvalue weighted by molar-refractivity contribution is 7.89. The van der Waals surface area contributed by atoms with Crippen molar-refractivity contribution in [1.82, 2.24) is 19.5 Å². The summed E-state index contributed by atoms with van der Waals surface area (Å²) in [6.07, 6.45) is 0.675. The zero-order valence-electron chi connectivity index (χ0n) is 14.8. The molecule has 3 rings (SSSR count). The molecule has 0 saturated carbocycles. The summed E-state index contributed by atoms with van der Waals surface area (Å²) in [5.41, 5.74) is 0.836. The molecule has 136 valence electrons. The smallest absolute Gasteiger partial charge is 0.243 e. The third-order valence-electron chi connectivity index (χ3n) is 4.71. The summed E-state index contributed by atoms with van der Waals surface area (Å²) in [7, 11) is -1.93. The van der Waals surface area contributed by atoms with E-state index in [1.54, 1.807) is 23.5 Å². The molecule has 1 N–H and O–H groups in total. The van der Waals surface area contributed by atoms with Crippen LogP contribution in [0.2, 0.25) is 0 Å². The van der Waals surface area contributed by atoms with Crippen molar-refractivity contribution >= 4 is 10.0 Å². The second-order valence-electron chi connectivity index (χ2n) is 6.38. The van der Waals surface area contributed by atoms with Gasteiger partial charge in [0.05, 0.1) is 11.5 Å². The summed E-state index contributed by atoms with van der Waals surface area (Å²) in [4.78, 5) is 4.79. The number of hydrogen-bond donors (Lipinski definition) is 1. The molecule has 2 aromatic rings. The summed E-state index contributed by atoms with van der Waals surface area (Å²) in [6.45, 7) is 5.05. The van der Waals surface area contributed by atoms with E-state index >= 15 is 0 Å². The van der Waals surface area contributed by atoms with Gasteiger partial charge in [-0.15, -0.1) is 0 Å². The number of hydrogen-bond acceptors (Lipinski definition) is 5. The van der Waals surface area contributed by atoms with Crippen molar-refractivity contribution in [3.63, 3.8) is 0 Å². The normalized spacial score (nSPS) is 21.7. The minimum atomic E-state index is -3.55. The number of methoxy groups -OCH3 is 1. The summed E-state index contributed by atoms with van der Waals surface area (Å²) in [5, 5.41) is 7.08.